The molecule has 20 heavy (non-hydrogen) atoms. The van der Waals surface area contributed by atoms with Crippen molar-refractivity contribution in [2.75, 3.05) is 25.6 Å². The van der Waals surface area contributed by atoms with Gasteiger partial charge < -0.3 is 15.8 Å². The van der Waals surface area contributed by atoms with E-state index in [4.69, 9.17) is 10.5 Å². The summed E-state index contributed by atoms with van der Waals surface area (Å²) in [6.07, 6.45) is 3.75. The molecule has 5 heteroatoms. The van der Waals surface area contributed by atoms with E-state index in [1.54, 1.807) is 13.3 Å². The van der Waals surface area contributed by atoms with Crippen molar-refractivity contribution in [1.82, 2.24) is 10.2 Å². The van der Waals surface area contributed by atoms with Gasteiger partial charge in [0.25, 0.3) is 0 Å². The van der Waals surface area contributed by atoms with Crippen molar-refractivity contribution in [2.24, 2.45) is 5.73 Å². The lowest BCUT2D eigenvalue weighted by Gasteiger charge is -2.19. The second-order valence-electron chi connectivity index (χ2n) is 4.78. The number of benzene rings is 1. The Balaban J connectivity index is 1.98. The number of ether oxygens (including phenoxy) is 1. The largest absolute Gasteiger partial charge is 0.383 e. The number of nitrogens with zero attached hydrogens (tertiary/aromatic N) is 1. The molecule has 1 heterocycles. The number of anilines is 1. The number of H-pyrrole nitrogens is 1. The third-order valence-corrected chi connectivity index (χ3v) is 3.19. The van der Waals surface area contributed by atoms with E-state index in [0.29, 0.717) is 19.2 Å². The predicted octanol–water partition coefficient (Wildman–Crippen LogP) is 2.24. The SMILES string of the molecule is COCC(CCCN)Nc1ccc(-c2ccn[nH]2)cc1. The van der Waals surface area contributed by atoms with Gasteiger partial charge in [0.05, 0.1) is 12.3 Å². The van der Waals surface area contributed by atoms with E-state index in [2.05, 4.69) is 39.8 Å². The molecule has 5 nitrogen and oxygen atoms in total. The number of nitrogens with two attached hydrogens (primary N) is 1. The van der Waals surface area contributed by atoms with Crippen LogP contribution in [0.2, 0.25) is 0 Å². The minimum atomic E-state index is 0.293. The molecule has 1 atom stereocenters. The smallest absolute Gasteiger partial charge is 0.0664 e. The van der Waals surface area contributed by atoms with Crippen molar-refractivity contribution in [3.05, 3.63) is 36.5 Å². The molecule has 0 aliphatic heterocycles. The lowest BCUT2D eigenvalue weighted by Crippen LogP contribution is -2.25. The van der Waals surface area contributed by atoms with Crippen LogP contribution in [0.3, 0.4) is 0 Å². The van der Waals surface area contributed by atoms with Crippen LogP contribution in [-0.4, -0.2) is 36.5 Å². The summed E-state index contributed by atoms with van der Waals surface area (Å²) in [5.41, 5.74) is 8.80. The molecule has 108 valence electrons. The highest BCUT2D eigenvalue weighted by Crippen LogP contribution is 2.19. The normalized spacial score (nSPS) is 12.3. The standard InChI is InChI=1S/C15H22N4O/c1-20-11-14(3-2-9-16)18-13-6-4-12(5-7-13)15-8-10-17-19-15/h4-8,10,14,18H,2-3,9,11,16H2,1H3,(H,17,19). The summed E-state index contributed by atoms with van der Waals surface area (Å²) < 4.78 is 5.24. The number of methoxy groups -OCH3 is 1. The summed E-state index contributed by atoms with van der Waals surface area (Å²) in [7, 11) is 1.72. The monoisotopic (exact) mass is 274 g/mol. The zero-order chi connectivity index (χ0) is 14.2. The van der Waals surface area contributed by atoms with Gasteiger partial charge in [-0.3, -0.25) is 5.10 Å². The summed E-state index contributed by atoms with van der Waals surface area (Å²) in [4.78, 5) is 0. The average molecular weight is 274 g/mol. The van der Waals surface area contributed by atoms with Gasteiger partial charge in [0, 0.05) is 25.0 Å². The summed E-state index contributed by atoms with van der Waals surface area (Å²) in [6, 6.07) is 10.5. The van der Waals surface area contributed by atoms with E-state index in [9.17, 15) is 0 Å². The summed E-state index contributed by atoms with van der Waals surface area (Å²) >= 11 is 0. The van der Waals surface area contributed by atoms with E-state index in [1.807, 2.05) is 6.07 Å². The van der Waals surface area contributed by atoms with Crippen molar-refractivity contribution in [1.29, 1.82) is 0 Å². The molecule has 0 spiro atoms. The fourth-order valence-corrected chi connectivity index (χ4v) is 2.16. The quantitative estimate of drug-likeness (QED) is 0.690. The predicted molar refractivity (Wildman–Crippen MR) is 81.6 cm³/mol. The van der Waals surface area contributed by atoms with Crippen LogP contribution in [0.5, 0.6) is 0 Å². The fraction of sp³-hybridized carbons (Fsp3) is 0.400. The Hall–Kier alpha value is -1.85. The summed E-state index contributed by atoms with van der Waals surface area (Å²) in [5.74, 6) is 0. The highest BCUT2D eigenvalue weighted by atomic mass is 16.5. The van der Waals surface area contributed by atoms with Crippen LogP contribution >= 0.6 is 0 Å². The molecule has 2 aromatic rings. The average Bonchev–Trinajstić information content (AvgIpc) is 3.00. The molecule has 0 saturated carbocycles. The maximum Gasteiger partial charge on any atom is 0.0664 e. The first-order valence-electron chi connectivity index (χ1n) is 6.89. The third-order valence-electron chi connectivity index (χ3n) is 3.19. The number of rotatable bonds is 8. The first-order valence-corrected chi connectivity index (χ1v) is 6.89. The van der Waals surface area contributed by atoms with Gasteiger partial charge in [-0.15, -0.1) is 0 Å². The van der Waals surface area contributed by atoms with E-state index < -0.39 is 0 Å². The van der Waals surface area contributed by atoms with Crippen LogP contribution in [0.25, 0.3) is 11.3 Å². The van der Waals surface area contributed by atoms with Gasteiger partial charge in [0.2, 0.25) is 0 Å². The van der Waals surface area contributed by atoms with Gasteiger partial charge in [0.1, 0.15) is 0 Å². The maximum absolute atomic E-state index is 5.56. The number of hydrogen-bond acceptors (Lipinski definition) is 4. The van der Waals surface area contributed by atoms with Crippen LogP contribution in [0.4, 0.5) is 5.69 Å². The van der Waals surface area contributed by atoms with Gasteiger partial charge in [-0.1, -0.05) is 12.1 Å². The molecule has 0 radical (unpaired) electrons. The number of hydrogen-bond donors (Lipinski definition) is 3. The topological polar surface area (TPSA) is 76.0 Å². The van der Waals surface area contributed by atoms with Crippen LogP contribution in [0.15, 0.2) is 36.5 Å². The lowest BCUT2D eigenvalue weighted by molar-refractivity contribution is 0.182. The van der Waals surface area contributed by atoms with E-state index in [0.717, 1.165) is 29.8 Å². The first kappa shape index (κ1) is 14.6. The fourth-order valence-electron chi connectivity index (χ4n) is 2.16. The Morgan fingerprint density at radius 3 is 2.70 bits per heavy atom. The molecule has 4 N–H and O–H groups in total. The molecule has 0 aliphatic carbocycles. The van der Waals surface area contributed by atoms with Gasteiger partial charge >= 0.3 is 0 Å². The minimum Gasteiger partial charge on any atom is -0.383 e. The number of aromatic nitrogens is 2. The second kappa shape index (κ2) is 7.67. The Morgan fingerprint density at radius 2 is 2.10 bits per heavy atom. The lowest BCUT2D eigenvalue weighted by atomic mass is 10.1. The van der Waals surface area contributed by atoms with Crippen molar-refractivity contribution >= 4 is 5.69 Å². The van der Waals surface area contributed by atoms with Gasteiger partial charge in [-0.2, -0.15) is 5.10 Å². The highest BCUT2D eigenvalue weighted by molar-refractivity contribution is 5.62. The Labute approximate surface area is 119 Å². The maximum atomic E-state index is 5.56. The molecule has 0 bridgehead atoms. The Morgan fingerprint density at radius 1 is 1.30 bits per heavy atom. The number of nitrogens with one attached hydrogen (secondary N) is 2. The van der Waals surface area contributed by atoms with E-state index in [-0.39, 0.29) is 0 Å². The van der Waals surface area contributed by atoms with Gasteiger partial charge in [0.15, 0.2) is 0 Å². The van der Waals surface area contributed by atoms with Gasteiger partial charge in [-0.05, 0) is 43.1 Å². The van der Waals surface area contributed by atoms with Crippen LogP contribution in [0, 0.1) is 0 Å². The summed E-state index contributed by atoms with van der Waals surface area (Å²) in [5, 5.41) is 10.4. The molecular formula is C15H22N4O. The molecule has 0 saturated heterocycles. The molecule has 0 amide bonds. The third kappa shape index (κ3) is 4.08. The molecule has 1 aromatic carbocycles. The van der Waals surface area contributed by atoms with Crippen molar-refractivity contribution in [3.63, 3.8) is 0 Å². The zero-order valence-electron chi connectivity index (χ0n) is 11.8. The molecule has 0 fully saturated rings. The van der Waals surface area contributed by atoms with Crippen molar-refractivity contribution in [2.45, 2.75) is 18.9 Å². The molecular weight excluding hydrogens is 252 g/mol. The molecule has 2 rings (SSSR count). The minimum absolute atomic E-state index is 0.293. The molecule has 0 aliphatic rings. The Bertz CT molecular complexity index is 481. The van der Waals surface area contributed by atoms with Crippen LogP contribution in [-0.2, 0) is 4.74 Å². The zero-order valence-corrected chi connectivity index (χ0v) is 11.8. The second-order valence-corrected chi connectivity index (χ2v) is 4.78. The Kier molecular flexibility index (Phi) is 5.58. The highest BCUT2D eigenvalue weighted by Gasteiger charge is 2.08. The van der Waals surface area contributed by atoms with Crippen LogP contribution in [0.1, 0.15) is 12.8 Å². The van der Waals surface area contributed by atoms with Crippen molar-refractivity contribution < 1.29 is 4.74 Å². The molecule has 1 unspecified atom stereocenters. The van der Waals surface area contributed by atoms with E-state index >= 15 is 0 Å². The van der Waals surface area contributed by atoms with Crippen molar-refractivity contribution in [3.8, 4) is 11.3 Å². The van der Waals surface area contributed by atoms with E-state index in [1.165, 1.54) is 0 Å². The van der Waals surface area contributed by atoms with Crippen LogP contribution < -0.4 is 11.1 Å². The number of aromatic amines is 1. The van der Waals surface area contributed by atoms with Gasteiger partial charge in [-0.25, -0.2) is 0 Å². The summed E-state index contributed by atoms with van der Waals surface area (Å²) in [6.45, 7) is 1.39. The molecule has 1 aromatic heterocycles. The first-order chi connectivity index (χ1) is 9.83.